The maximum absolute atomic E-state index is 12.9. The highest BCUT2D eigenvalue weighted by molar-refractivity contribution is 6.09. The minimum absolute atomic E-state index is 0.523. The van der Waals surface area contributed by atoms with Gasteiger partial charge in [0.15, 0.2) is 0 Å². The van der Waals surface area contributed by atoms with Crippen molar-refractivity contribution in [3.63, 3.8) is 0 Å². The molecule has 0 bridgehead atoms. The average Bonchev–Trinajstić information content (AvgIpc) is 2.87. The molecule has 0 amide bonds. The van der Waals surface area contributed by atoms with E-state index in [0.29, 0.717) is 5.56 Å². The van der Waals surface area contributed by atoms with Gasteiger partial charge in [0.25, 0.3) is 0 Å². The molecule has 0 saturated heterocycles. The van der Waals surface area contributed by atoms with Crippen molar-refractivity contribution in [1.29, 1.82) is 0 Å². The van der Waals surface area contributed by atoms with E-state index in [-0.39, 0.29) is 0 Å². The van der Waals surface area contributed by atoms with Crippen LogP contribution in [0.4, 0.5) is 13.2 Å². The molecule has 0 aliphatic rings. The fraction of sp³-hybridized carbons (Fsp3) is 0.0625. The van der Waals surface area contributed by atoms with E-state index in [1.807, 2.05) is 79.7 Å². The Morgan fingerprint density at radius 1 is 0.486 bits per heavy atom. The van der Waals surface area contributed by atoms with Crippen molar-refractivity contribution >= 4 is 21.5 Å². The highest BCUT2D eigenvalue weighted by atomic mass is 19.4. The number of benzene rings is 5. The van der Waals surface area contributed by atoms with Gasteiger partial charge in [-0.2, -0.15) is 13.2 Å². The van der Waals surface area contributed by atoms with Crippen molar-refractivity contribution < 1.29 is 13.2 Å². The first-order chi connectivity index (χ1) is 16.9. The van der Waals surface area contributed by atoms with Crippen molar-refractivity contribution in [2.45, 2.75) is 13.1 Å². The molecule has 5 aromatic carbocycles. The highest BCUT2D eigenvalue weighted by Crippen LogP contribution is 2.32. The minimum Gasteiger partial charge on any atom is -0.166 e. The van der Waals surface area contributed by atoms with E-state index in [2.05, 4.69) is 23.7 Å². The van der Waals surface area contributed by atoms with Gasteiger partial charge in [-0.15, -0.1) is 0 Å². The smallest absolute Gasteiger partial charge is 0.166 e. The van der Waals surface area contributed by atoms with Crippen molar-refractivity contribution in [3.05, 3.63) is 130 Å². The van der Waals surface area contributed by atoms with E-state index in [4.69, 9.17) is 0 Å². The van der Waals surface area contributed by atoms with Gasteiger partial charge in [0.2, 0.25) is 0 Å². The van der Waals surface area contributed by atoms with Crippen molar-refractivity contribution in [1.82, 2.24) is 0 Å². The number of hydrogen-bond donors (Lipinski definition) is 0. The molecule has 0 aromatic heterocycles. The lowest BCUT2D eigenvalue weighted by Gasteiger charge is -2.10. The SMILES string of the molecule is Cc1ccc(C#Cc2c3ccccc3c(C#Cc3ccc(C(F)(F)F)cc3)c3ccccc23)cc1. The van der Waals surface area contributed by atoms with Gasteiger partial charge in [0.05, 0.1) is 5.56 Å². The standard InChI is InChI=1S/C32H19F3/c1-22-10-12-23(13-11-22)16-20-30-26-6-2-4-8-28(26)31(29-9-5-3-7-27(29)30)21-17-24-14-18-25(19-15-24)32(33,34)35/h2-15,18-19H,1H3. The molecular weight excluding hydrogens is 441 g/mol. The number of halogens is 3. The zero-order valence-electron chi connectivity index (χ0n) is 18.9. The van der Waals surface area contributed by atoms with Gasteiger partial charge in [-0.1, -0.05) is 89.9 Å². The Balaban J connectivity index is 1.68. The lowest BCUT2D eigenvalue weighted by molar-refractivity contribution is -0.137. The summed E-state index contributed by atoms with van der Waals surface area (Å²) in [6.07, 6.45) is -4.37. The molecule has 0 heterocycles. The lowest BCUT2D eigenvalue weighted by atomic mass is 9.92. The predicted octanol–water partition coefficient (Wildman–Crippen LogP) is 8.12. The van der Waals surface area contributed by atoms with Crippen LogP contribution in [0, 0.1) is 30.6 Å². The molecule has 0 unspecified atom stereocenters. The molecule has 0 N–H and O–H groups in total. The van der Waals surface area contributed by atoms with E-state index < -0.39 is 11.7 Å². The highest BCUT2D eigenvalue weighted by Gasteiger charge is 2.29. The summed E-state index contributed by atoms with van der Waals surface area (Å²) in [7, 11) is 0. The van der Waals surface area contributed by atoms with Crippen LogP contribution >= 0.6 is 0 Å². The summed E-state index contributed by atoms with van der Waals surface area (Å²) in [6, 6.07) is 29.0. The van der Waals surface area contributed by atoms with Crippen LogP contribution in [-0.2, 0) is 6.18 Å². The third-order valence-electron chi connectivity index (χ3n) is 5.86. The molecule has 35 heavy (non-hydrogen) atoms. The molecule has 0 spiro atoms. The van der Waals surface area contributed by atoms with Crippen LogP contribution in [0.5, 0.6) is 0 Å². The molecule has 5 aromatic rings. The predicted molar refractivity (Wildman–Crippen MR) is 136 cm³/mol. The van der Waals surface area contributed by atoms with Gasteiger partial charge in [0, 0.05) is 22.3 Å². The molecule has 0 aliphatic heterocycles. The molecule has 0 atom stereocenters. The number of hydrogen-bond acceptors (Lipinski definition) is 0. The van der Waals surface area contributed by atoms with Crippen LogP contribution < -0.4 is 0 Å². The average molecular weight is 460 g/mol. The number of aryl methyl sites for hydroxylation is 1. The topological polar surface area (TPSA) is 0 Å². The molecule has 5 rings (SSSR count). The maximum Gasteiger partial charge on any atom is 0.416 e. The van der Waals surface area contributed by atoms with Crippen molar-refractivity contribution in [2.24, 2.45) is 0 Å². The number of alkyl halides is 3. The van der Waals surface area contributed by atoms with Gasteiger partial charge in [-0.3, -0.25) is 0 Å². The molecule has 168 valence electrons. The van der Waals surface area contributed by atoms with E-state index in [1.54, 1.807) is 0 Å². The van der Waals surface area contributed by atoms with E-state index >= 15 is 0 Å². The molecule has 0 aliphatic carbocycles. The molecule has 3 heteroatoms. The van der Waals surface area contributed by atoms with Gasteiger partial charge in [0.1, 0.15) is 0 Å². The van der Waals surface area contributed by atoms with E-state index in [1.165, 1.54) is 17.7 Å². The Bertz CT molecular complexity index is 1610. The fourth-order valence-corrected chi connectivity index (χ4v) is 4.05. The van der Waals surface area contributed by atoms with Crippen LogP contribution in [0.15, 0.2) is 97.1 Å². The summed E-state index contributed by atoms with van der Waals surface area (Å²) < 4.78 is 38.7. The fourth-order valence-electron chi connectivity index (χ4n) is 4.05. The first-order valence-corrected chi connectivity index (χ1v) is 11.1. The van der Waals surface area contributed by atoms with Crippen molar-refractivity contribution in [2.75, 3.05) is 0 Å². The van der Waals surface area contributed by atoms with E-state index in [0.717, 1.165) is 50.4 Å². The van der Waals surface area contributed by atoms with Gasteiger partial charge in [-0.25, -0.2) is 0 Å². The largest absolute Gasteiger partial charge is 0.416 e. The molecular formula is C32H19F3. The van der Waals surface area contributed by atoms with Gasteiger partial charge >= 0.3 is 6.18 Å². The summed E-state index contributed by atoms with van der Waals surface area (Å²) in [4.78, 5) is 0. The first-order valence-electron chi connectivity index (χ1n) is 11.1. The van der Waals surface area contributed by atoms with Crippen LogP contribution in [0.1, 0.15) is 33.4 Å². The Hall–Kier alpha value is -4.47. The summed E-state index contributed by atoms with van der Waals surface area (Å²) in [6.45, 7) is 2.04. The normalized spacial score (nSPS) is 11.0. The summed E-state index contributed by atoms with van der Waals surface area (Å²) in [5.74, 6) is 13.0. The number of rotatable bonds is 0. The minimum atomic E-state index is -4.37. The molecule has 0 saturated carbocycles. The Kier molecular flexibility index (Phi) is 5.77. The van der Waals surface area contributed by atoms with E-state index in [9.17, 15) is 13.2 Å². The zero-order chi connectivity index (χ0) is 24.4. The van der Waals surface area contributed by atoms with Crippen LogP contribution in [0.2, 0.25) is 0 Å². The second kappa shape index (κ2) is 9.05. The maximum atomic E-state index is 12.9. The summed E-state index contributed by atoms with van der Waals surface area (Å²) in [5, 5.41) is 3.89. The van der Waals surface area contributed by atoms with Crippen LogP contribution in [0.3, 0.4) is 0 Å². The lowest BCUT2D eigenvalue weighted by Crippen LogP contribution is -2.04. The summed E-state index contributed by atoms with van der Waals surface area (Å²) >= 11 is 0. The monoisotopic (exact) mass is 460 g/mol. The zero-order valence-corrected chi connectivity index (χ0v) is 18.9. The van der Waals surface area contributed by atoms with Gasteiger partial charge in [-0.05, 0) is 64.9 Å². The van der Waals surface area contributed by atoms with Crippen molar-refractivity contribution in [3.8, 4) is 23.7 Å². The Morgan fingerprint density at radius 3 is 1.23 bits per heavy atom. The molecule has 0 fully saturated rings. The van der Waals surface area contributed by atoms with Crippen LogP contribution in [0.25, 0.3) is 21.5 Å². The van der Waals surface area contributed by atoms with Gasteiger partial charge < -0.3 is 0 Å². The molecule has 0 radical (unpaired) electrons. The molecule has 0 nitrogen and oxygen atoms in total. The third kappa shape index (κ3) is 4.63. The Morgan fingerprint density at radius 2 is 0.857 bits per heavy atom. The third-order valence-corrected chi connectivity index (χ3v) is 5.86. The number of fused-ring (bicyclic) bond motifs is 2. The van der Waals surface area contributed by atoms with Crippen LogP contribution in [-0.4, -0.2) is 0 Å². The second-order valence-corrected chi connectivity index (χ2v) is 8.28. The quantitative estimate of drug-likeness (QED) is 0.162. The summed E-state index contributed by atoms with van der Waals surface area (Å²) in [5.41, 5.74) is 3.72. The second-order valence-electron chi connectivity index (χ2n) is 8.28. The first kappa shape index (κ1) is 22.3. The Labute approximate surface area is 202 Å².